The van der Waals surface area contributed by atoms with Gasteiger partial charge < -0.3 is 4.74 Å². The van der Waals surface area contributed by atoms with E-state index in [9.17, 15) is 0 Å². The van der Waals surface area contributed by atoms with Gasteiger partial charge in [0.05, 0.1) is 5.02 Å². The van der Waals surface area contributed by atoms with E-state index < -0.39 is 0 Å². The SMILES string of the molecule is Clc1cccc(C=Nc2nnc(COc3ccc(Cl)cc3Cl)s2)c1. The second kappa shape index (κ2) is 7.94. The Bertz CT molecular complexity index is 883. The number of hydrogen-bond acceptors (Lipinski definition) is 5. The van der Waals surface area contributed by atoms with E-state index in [1.54, 1.807) is 30.5 Å². The zero-order valence-electron chi connectivity index (χ0n) is 12.1. The van der Waals surface area contributed by atoms with Crippen LogP contribution in [0.5, 0.6) is 5.75 Å². The van der Waals surface area contributed by atoms with Crippen molar-refractivity contribution in [3.8, 4) is 5.75 Å². The maximum atomic E-state index is 6.05. The molecule has 0 fully saturated rings. The number of benzene rings is 2. The van der Waals surface area contributed by atoms with Crippen molar-refractivity contribution in [2.75, 3.05) is 0 Å². The van der Waals surface area contributed by atoms with Gasteiger partial charge in [0.1, 0.15) is 12.4 Å². The number of nitrogens with zero attached hydrogens (tertiary/aromatic N) is 3. The molecule has 0 saturated heterocycles. The van der Waals surface area contributed by atoms with Gasteiger partial charge in [0.25, 0.3) is 0 Å². The van der Waals surface area contributed by atoms with Crippen molar-refractivity contribution in [1.82, 2.24) is 10.2 Å². The summed E-state index contributed by atoms with van der Waals surface area (Å²) in [5.74, 6) is 0.542. The van der Waals surface area contributed by atoms with Gasteiger partial charge in [0, 0.05) is 16.3 Å². The monoisotopic (exact) mass is 397 g/mol. The molecular formula is C16H10Cl3N3OS. The summed E-state index contributed by atoms with van der Waals surface area (Å²) in [6.45, 7) is 0.256. The lowest BCUT2D eigenvalue weighted by atomic mass is 10.2. The molecule has 24 heavy (non-hydrogen) atoms. The van der Waals surface area contributed by atoms with E-state index in [0.717, 1.165) is 5.56 Å². The molecule has 0 atom stereocenters. The van der Waals surface area contributed by atoms with Gasteiger partial charge in [-0.3, -0.25) is 0 Å². The van der Waals surface area contributed by atoms with Crippen LogP contribution in [-0.4, -0.2) is 16.4 Å². The molecule has 1 heterocycles. The topological polar surface area (TPSA) is 47.4 Å². The summed E-state index contributed by atoms with van der Waals surface area (Å²) in [6.07, 6.45) is 1.69. The predicted molar refractivity (Wildman–Crippen MR) is 99.4 cm³/mol. The summed E-state index contributed by atoms with van der Waals surface area (Å²) in [6, 6.07) is 12.4. The van der Waals surface area contributed by atoms with E-state index >= 15 is 0 Å². The normalized spacial score (nSPS) is 11.1. The van der Waals surface area contributed by atoms with E-state index in [0.29, 0.717) is 31.0 Å². The molecule has 0 unspecified atom stereocenters. The maximum absolute atomic E-state index is 6.05. The predicted octanol–water partition coefficient (Wildman–Crippen LogP) is 5.83. The molecule has 4 nitrogen and oxygen atoms in total. The summed E-state index contributed by atoms with van der Waals surface area (Å²) < 4.78 is 5.62. The average molecular weight is 399 g/mol. The maximum Gasteiger partial charge on any atom is 0.231 e. The second-order valence-corrected chi connectivity index (χ2v) is 6.98. The van der Waals surface area contributed by atoms with Crippen molar-refractivity contribution < 1.29 is 4.74 Å². The van der Waals surface area contributed by atoms with Crippen molar-refractivity contribution in [1.29, 1.82) is 0 Å². The first kappa shape index (κ1) is 17.2. The highest BCUT2D eigenvalue weighted by molar-refractivity contribution is 7.14. The van der Waals surface area contributed by atoms with Crippen LogP contribution >= 0.6 is 46.1 Å². The van der Waals surface area contributed by atoms with Gasteiger partial charge in [0.15, 0.2) is 5.01 Å². The Labute approximate surface area is 157 Å². The summed E-state index contributed by atoms with van der Waals surface area (Å²) >= 11 is 19.2. The third kappa shape index (κ3) is 4.68. The Morgan fingerprint density at radius 3 is 2.67 bits per heavy atom. The van der Waals surface area contributed by atoms with Crippen LogP contribution in [0.15, 0.2) is 47.5 Å². The Morgan fingerprint density at radius 2 is 1.88 bits per heavy atom. The molecule has 0 bridgehead atoms. The van der Waals surface area contributed by atoms with E-state index in [1.165, 1.54) is 11.3 Å². The van der Waals surface area contributed by atoms with E-state index in [1.807, 2.05) is 18.2 Å². The third-order valence-electron chi connectivity index (χ3n) is 2.87. The van der Waals surface area contributed by atoms with Gasteiger partial charge in [-0.2, -0.15) is 0 Å². The van der Waals surface area contributed by atoms with Crippen molar-refractivity contribution in [3.63, 3.8) is 0 Å². The van der Waals surface area contributed by atoms with Crippen molar-refractivity contribution in [2.45, 2.75) is 6.61 Å². The number of hydrogen-bond donors (Lipinski definition) is 0. The minimum atomic E-state index is 0.256. The highest BCUT2D eigenvalue weighted by Crippen LogP contribution is 2.29. The van der Waals surface area contributed by atoms with Crippen molar-refractivity contribution in [3.05, 3.63) is 68.1 Å². The minimum Gasteiger partial charge on any atom is -0.485 e. The Morgan fingerprint density at radius 1 is 1.04 bits per heavy atom. The number of rotatable bonds is 5. The Hall–Kier alpha value is -1.66. The molecule has 3 rings (SSSR count). The molecular weight excluding hydrogens is 389 g/mol. The number of aromatic nitrogens is 2. The van der Waals surface area contributed by atoms with Gasteiger partial charge in [-0.05, 0) is 35.9 Å². The molecule has 8 heteroatoms. The summed E-state index contributed by atoms with van der Waals surface area (Å²) in [4.78, 5) is 4.28. The molecule has 0 N–H and O–H groups in total. The van der Waals surface area contributed by atoms with E-state index in [4.69, 9.17) is 39.5 Å². The van der Waals surface area contributed by atoms with Crippen LogP contribution < -0.4 is 4.74 Å². The van der Waals surface area contributed by atoms with Gasteiger partial charge in [-0.25, -0.2) is 4.99 Å². The molecule has 0 aliphatic carbocycles. The van der Waals surface area contributed by atoms with Gasteiger partial charge >= 0.3 is 0 Å². The molecule has 3 aromatic rings. The largest absolute Gasteiger partial charge is 0.485 e. The first-order valence-corrected chi connectivity index (χ1v) is 8.75. The molecule has 0 aliphatic heterocycles. The van der Waals surface area contributed by atoms with E-state index in [-0.39, 0.29) is 6.61 Å². The van der Waals surface area contributed by atoms with Crippen LogP contribution in [0.25, 0.3) is 0 Å². The van der Waals surface area contributed by atoms with Crippen molar-refractivity contribution >= 4 is 57.5 Å². The van der Waals surface area contributed by atoms with Crippen LogP contribution in [0.1, 0.15) is 10.6 Å². The van der Waals surface area contributed by atoms with Gasteiger partial charge in [-0.15, -0.1) is 10.2 Å². The van der Waals surface area contributed by atoms with Crippen LogP contribution in [0.4, 0.5) is 5.13 Å². The van der Waals surface area contributed by atoms with Gasteiger partial charge in [0.2, 0.25) is 5.13 Å². The number of ether oxygens (including phenoxy) is 1. The molecule has 1 aromatic heterocycles. The first-order valence-electron chi connectivity index (χ1n) is 6.80. The quantitative estimate of drug-likeness (QED) is 0.508. The highest BCUT2D eigenvalue weighted by Gasteiger charge is 2.07. The molecule has 0 spiro atoms. The average Bonchev–Trinajstić information content (AvgIpc) is 3.00. The Balaban J connectivity index is 1.63. The smallest absolute Gasteiger partial charge is 0.231 e. The van der Waals surface area contributed by atoms with Gasteiger partial charge in [-0.1, -0.05) is 58.3 Å². The minimum absolute atomic E-state index is 0.256. The van der Waals surface area contributed by atoms with Crippen molar-refractivity contribution in [2.24, 2.45) is 4.99 Å². The lowest BCUT2D eigenvalue weighted by Crippen LogP contribution is -1.95. The summed E-state index contributed by atoms with van der Waals surface area (Å²) in [5.41, 5.74) is 0.892. The standard InChI is InChI=1S/C16H10Cl3N3OS/c17-11-3-1-2-10(6-11)8-20-16-22-21-15(24-16)9-23-14-5-4-12(18)7-13(14)19/h1-8H,9H2. The molecule has 0 saturated carbocycles. The molecule has 0 radical (unpaired) electrons. The van der Waals surface area contributed by atoms with E-state index in [2.05, 4.69) is 15.2 Å². The van der Waals surface area contributed by atoms with Crippen LogP contribution in [0, 0.1) is 0 Å². The lowest BCUT2D eigenvalue weighted by Gasteiger charge is -2.05. The lowest BCUT2D eigenvalue weighted by molar-refractivity contribution is 0.305. The summed E-state index contributed by atoms with van der Waals surface area (Å²) in [5, 5.41) is 10.9. The fourth-order valence-electron chi connectivity index (χ4n) is 1.80. The highest BCUT2D eigenvalue weighted by atomic mass is 35.5. The fourth-order valence-corrected chi connectivity index (χ4v) is 3.06. The molecule has 122 valence electrons. The van der Waals surface area contributed by atoms with Crippen LogP contribution in [0.3, 0.4) is 0 Å². The second-order valence-electron chi connectivity index (χ2n) is 4.65. The van der Waals surface area contributed by atoms with Crippen LogP contribution in [-0.2, 0) is 6.61 Å². The third-order valence-corrected chi connectivity index (χ3v) is 4.44. The fraction of sp³-hybridized carbons (Fsp3) is 0.0625. The first-order chi connectivity index (χ1) is 11.6. The van der Waals surface area contributed by atoms with Crippen LogP contribution in [0.2, 0.25) is 15.1 Å². The zero-order valence-corrected chi connectivity index (χ0v) is 15.2. The number of aliphatic imine (C=N–C) groups is 1. The zero-order chi connectivity index (χ0) is 16.9. The Kier molecular flexibility index (Phi) is 5.68. The molecule has 2 aromatic carbocycles. The summed E-state index contributed by atoms with van der Waals surface area (Å²) in [7, 11) is 0. The molecule has 0 amide bonds. The number of halogens is 3. The molecule has 0 aliphatic rings.